The third kappa shape index (κ3) is 4.10. The second-order valence-electron chi connectivity index (χ2n) is 13.4. The number of nitrogens with zero attached hydrogens (tertiary/aromatic N) is 3. The Hall–Kier alpha value is -6.26. The van der Waals surface area contributed by atoms with Crippen molar-refractivity contribution in [3.8, 4) is 45.1 Å². The fraction of sp³-hybridized carbons (Fsp3) is 0.0667. The molecule has 0 N–H and O–H groups in total. The van der Waals surface area contributed by atoms with E-state index < -0.39 is 0 Å². The van der Waals surface area contributed by atoms with Crippen LogP contribution in [-0.4, -0.2) is 9.97 Å². The van der Waals surface area contributed by atoms with Gasteiger partial charge in [0.2, 0.25) is 5.88 Å². The summed E-state index contributed by atoms with van der Waals surface area (Å²) in [6.07, 6.45) is 1.90. The van der Waals surface area contributed by atoms with Gasteiger partial charge in [-0.3, -0.25) is 4.98 Å². The van der Waals surface area contributed by atoms with Gasteiger partial charge in [0.05, 0.1) is 22.3 Å². The molecule has 4 nitrogen and oxygen atoms in total. The topological polar surface area (TPSA) is 38.2 Å². The predicted molar refractivity (Wildman–Crippen MR) is 200 cm³/mol. The van der Waals surface area contributed by atoms with E-state index in [9.17, 15) is 0 Å². The molecule has 0 spiro atoms. The van der Waals surface area contributed by atoms with Crippen LogP contribution in [-0.2, 0) is 5.41 Å². The Balaban J connectivity index is 1.22. The van der Waals surface area contributed by atoms with Crippen molar-refractivity contribution in [1.82, 2.24) is 9.97 Å². The fourth-order valence-corrected chi connectivity index (χ4v) is 7.96. The van der Waals surface area contributed by atoms with Crippen LogP contribution in [0.25, 0.3) is 55.2 Å². The second kappa shape index (κ2) is 10.4. The lowest BCUT2D eigenvalue weighted by atomic mass is 9.82. The molecule has 232 valence electrons. The summed E-state index contributed by atoms with van der Waals surface area (Å²) in [4.78, 5) is 12.3. The molecular formula is C45H31N3O. The number of ether oxygens (including phenoxy) is 1. The maximum Gasteiger partial charge on any atom is 0.229 e. The lowest BCUT2D eigenvalue weighted by Crippen LogP contribution is -2.16. The summed E-state index contributed by atoms with van der Waals surface area (Å²) >= 11 is 0. The molecule has 0 amide bonds. The molecule has 0 atom stereocenters. The van der Waals surface area contributed by atoms with Gasteiger partial charge in [0, 0.05) is 44.9 Å². The molecule has 49 heavy (non-hydrogen) atoms. The largest absolute Gasteiger partial charge is 0.438 e. The first kappa shape index (κ1) is 27.8. The first-order chi connectivity index (χ1) is 24.1. The zero-order valence-corrected chi connectivity index (χ0v) is 27.2. The zero-order chi connectivity index (χ0) is 32.7. The van der Waals surface area contributed by atoms with E-state index in [0.717, 1.165) is 55.7 Å². The van der Waals surface area contributed by atoms with Crippen LogP contribution in [0.4, 0.5) is 17.1 Å². The number of benzene rings is 6. The van der Waals surface area contributed by atoms with Gasteiger partial charge < -0.3 is 9.64 Å². The van der Waals surface area contributed by atoms with Crippen molar-refractivity contribution in [2.24, 2.45) is 0 Å². The van der Waals surface area contributed by atoms with E-state index in [1.807, 2.05) is 24.4 Å². The van der Waals surface area contributed by atoms with Crippen molar-refractivity contribution in [2.75, 3.05) is 4.90 Å². The van der Waals surface area contributed by atoms with Crippen LogP contribution < -0.4 is 9.64 Å². The number of aromatic nitrogens is 2. The van der Waals surface area contributed by atoms with Crippen LogP contribution in [0.1, 0.15) is 25.0 Å². The Bertz CT molecular complexity index is 2610. The summed E-state index contributed by atoms with van der Waals surface area (Å²) in [5.41, 5.74) is 13.6. The Kier molecular flexibility index (Phi) is 5.89. The van der Waals surface area contributed by atoms with Crippen LogP contribution in [0.3, 0.4) is 0 Å². The van der Waals surface area contributed by atoms with Crippen LogP contribution in [0.15, 0.2) is 152 Å². The highest BCUT2D eigenvalue weighted by Gasteiger charge is 2.37. The van der Waals surface area contributed by atoms with E-state index in [1.165, 1.54) is 33.4 Å². The molecule has 10 rings (SSSR count). The minimum Gasteiger partial charge on any atom is -0.438 e. The van der Waals surface area contributed by atoms with Crippen molar-refractivity contribution in [2.45, 2.75) is 19.3 Å². The molecule has 0 saturated carbocycles. The van der Waals surface area contributed by atoms with Gasteiger partial charge in [0.1, 0.15) is 5.75 Å². The Morgan fingerprint density at radius 3 is 2.16 bits per heavy atom. The summed E-state index contributed by atoms with van der Waals surface area (Å²) < 4.78 is 6.36. The van der Waals surface area contributed by atoms with Crippen molar-refractivity contribution in [3.05, 3.63) is 163 Å². The average Bonchev–Trinajstić information content (AvgIpc) is 3.39. The van der Waals surface area contributed by atoms with Gasteiger partial charge in [-0.15, -0.1) is 0 Å². The maximum atomic E-state index is 6.36. The normalized spacial score (nSPS) is 13.4. The zero-order valence-electron chi connectivity index (χ0n) is 27.2. The fourth-order valence-electron chi connectivity index (χ4n) is 7.96. The molecule has 8 aromatic rings. The average molecular weight is 630 g/mol. The monoisotopic (exact) mass is 629 g/mol. The second-order valence-corrected chi connectivity index (χ2v) is 13.4. The quantitative estimate of drug-likeness (QED) is 0.182. The standard InChI is InChI=1S/C45H31N3O/c1-45(2)36-15-8-6-13-33(36)41-37(45)16-10-17-39(41)48(30-21-19-29(20-22-30)28-11-4-3-5-12-28)31-23-24-38-35(27-31)32-25-26-46-43-34-14-7-9-18-40(34)49-44(47-38)42(32)43/h3-27H,1-2H3. The van der Waals surface area contributed by atoms with E-state index >= 15 is 0 Å². The van der Waals surface area contributed by atoms with Crippen LogP contribution in [0.5, 0.6) is 11.6 Å². The van der Waals surface area contributed by atoms with Gasteiger partial charge >= 0.3 is 0 Å². The van der Waals surface area contributed by atoms with Gasteiger partial charge in [-0.2, -0.15) is 0 Å². The van der Waals surface area contributed by atoms with E-state index in [-0.39, 0.29) is 5.41 Å². The molecule has 0 saturated heterocycles. The molecule has 2 aromatic heterocycles. The Labute approximate surface area is 284 Å². The smallest absolute Gasteiger partial charge is 0.229 e. The van der Waals surface area contributed by atoms with Crippen LogP contribution >= 0.6 is 0 Å². The number of fused-ring (bicyclic) bond motifs is 7. The molecule has 3 heterocycles. The maximum absolute atomic E-state index is 6.36. The highest BCUT2D eigenvalue weighted by atomic mass is 16.5. The molecule has 0 unspecified atom stereocenters. The highest BCUT2D eigenvalue weighted by molar-refractivity contribution is 6.14. The van der Waals surface area contributed by atoms with E-state index in [0.29, 0.717) is 5.88 Å². The molecule has 0 bridgehead atoms. The molecule has 0 radical (unpaired) electrons. The summed E-state index contributed by atoms with van der Waals surface area (Å²) in [5, 5.41) is 3.08. The lowest BCUT2D eigenvalue weighted by Gasteiger charge is -2.29. The SMILES string of the molecule is CC1(C)c2ccccc2-c2c(N(c3ccc(-c4ccccc4)cc3)c3ccc4nc5c6c(nccc6c4c3)-c3ccccc3O5)cccc21. The highest BCUT2D eigenvalue weighted by Crippen LogP contribution is 2.54. The summed E-state index contributed by atoms with van der Waals surface area (Å²) in [5.74, 6) is 1.38. The summed E-state index contributed by atoms with van der Waals surface area (Å²) in [6, 6.07) is 51.8. The first-order valence-corrected chi connectivity index (χ1v) is 16.7. The summed E-state index contributed by atoms with van der Waals surface area (Å²) in [7, 11) is 0. The number of rotatable bonds is 4. The number of anilines is 3. The summed E-state index contributed by atoms with van der Waals surface area (Å²) in [6.45, 7) is 4.67. The predicted octanol–water partition coefficient (Wildman–Crippen LogP) is 12.0. The Morgan fingerprint density at radius 1 is 0.592 bits per heavy atom. The van der Waals surface area contributed by atoms with Gasteiger partial charge in [-0.25, -0.2) is 4.98 Å². The molecular weight excluding hydrogens is 599 g/mol. The Morgan fingerprint density at radius 2 is 1.31 bits per heavy atom. The number of pyridine rings is 2. The van der Waals surface area contributed by atoms with Crippen molar-refractivity contribution >= 4 is 38.7 Å². The third-order valence-electron chi connectivity index (χ3n) is 10.3. The number of hydrogen-bond acceptors (Lipinski definition) is 4. The van der Waals surface area contributed by atoms with E-state index in [1.54, 1.807) is 0 Å². The molecule has 1 aliphatic heterocycles. The van der Waals surface area contributed by atoms with Crippen molar-refractivity contribution < 1.29 is 4.74 Å². The lowest BCUT2D eigenvalue weighted by molar-refractivity contribution is 0.469. The number of hydrogen-bond donors (Lipinski definition) is 0. The van der Waals surface area contributed by atoms with Crippen LogP contribution in [0, 0.1) is 0 Å². The first-order valence-electron chi connectivity index (χ1n) is 16.7. The van der Waals surface area contributed by atoms with Gasteiger partial charge in [0.25, 0.3) is 0 Å². The van der Waals surface area contributed by atoms with E-state index in [4.69, 9.17) is 14.7 Å². The minimum absolute atomic E-state index is 0.113. The molecule has 0 fully saturated rings. The molecule has 1 aliphatic carbocycles. The van der Waals surface area contributed by atoms with Crippen molar-refractivity contribution in [1.29, 1.82) is 0 Å². The van der Waals surface area contributed by atoms with E-state index in [2.05, 4.69) is 146 Å². The molecule has 6 aromatic carbocycles. The minimum atomic E-state index is -0.113. The van der Waals surface area contributed by atoms with Gasteiger partial charge in [-0.1, -0.05) is 105 Å². The molecule has 2 aliphatic rings. The molecule has 4 heteroatoms. The van der Waals surface area contributed by atoms with Crippen molar-refractivity contribution in [3.63, 3.8) is 0 Å². The third-order valence-corrected chi connectivity index (χ3v) is 10.3. The van der Waals surface area contributed by atoms with Gasteiger partial charge in [-0.05, 0) is 82.4 Å². The van der Waals surface area contributed by atoms with Gasteiger partial charge in [0.15, 0.2) is 0 Å². The van der Waals surface area contributed by atoms with Crippen LogP contribution in [0.2, 0.25) is 0 Å². The number of para-hydroxylation sites is 1.